The summed E-state index contributed by atoms with van der Waals surface area (Å²) in [5, 5.41) is 12.6. The van der Waals surface area contributed by atoms with Crippen LogP contribution in [-0.4, -0.2) is 33.4 Å². The summed E-state index contributed by atoms with van der Waals surface area (Å²) in [6, 6.07) is 9.57. The number of carbonyl (C=O) groups is 1. The van der Waals surface area contributed by atoms with Crippen molar-refractivity contribution in [3.05, 3.63) is 47.5 Å². The summed E-state index contributed by atoms with van der Waals surface area (Å²) in [5.74, 6) is 0.819. The molecule has 0 saturated heterocycles. The summed E-state index contributed by atoms with van der Waals surface area (Å²) in [7, 11) is 1.53. The Morgan fingerprint density at radius 2 is 2.21 bits per heavy atom. The maximum atomic E-state index is 12.7. The third kappa shape index (κ3) is 3.07. The van der Waals surface area contributed by atoms with E-state index in [0.717, 1.165) is 18.5 Å². The highest BCUT2D eigenvalue weighted by atomic mass is 16.5. The molecule has 0 aliphatic heterocycles. The zero-order chi connectivity index (χ0) is 19.8. The molecule has 1 atom stereocenters. The van der Waals surface area contributed by atoms with E-state index in [2.05, 4.69) is 21.4 Å². The van der Waals surface area contributed by atoms with Crippen molar-refractivity contribution < 1.29 is 9.53 Å². The second-order valence-corrected chi connectivity index (χ2v) is 7.16. The highest BCUT2D eigenvalue weighted by Gasteiger charge is 2.30. The van der Waals surface area contributed by atoms with Crippen LogP contribution in [0.3, 0.4) is 0 Å². The van der Waals surface area contributed by atoms with Crippen molar-refractivity contribution in [3.63, 3.8) is 0 Å². The van der Waals surface area contributed by atoms with Crippen LogP contribution in [-0.2, 0) is 0 Å². The van der Waals surface area contributed by atoms with E-state index in [4.69, 9.17) is 4.74 Å². The smallest absolute Gasteiger partial charge is 0.274 e. The number of methoxy groups -OCH3 is 1. The van der Waals surface area contributed by atoms with E-state index in [0.29, 0.717) is 39.8 Å². The van der Waals surface area contributed by atoms with Crippen molar-refractivity contribution in [2.45, 2.75) is 32.7 Å². The van der Waals surface area contributed by atoms with Gasteiger partial charge in [0.25, 0.3) is 5.91 Å². The van der Waals surface area contributed by atoms with Gasteiger partial charge >= 0.3 is 0 Å². The van der Waals surface area contributed by atoms with Gasteiger partial charge in [-0.15, -0.1) is 0 Å². The highest BCUT2D eigenvalue weighted by molar-refractivity contribution is 5.98. The lowest BCUT2D eigenvalue weighted by atomic mass is 10.0. The molecule has 142 valence electrons. The number of benzene rings is 1. The number of ether oxygens (including phenoxy) is 1. The van der Waals surface area contributed by atoms with E-state index in [1.54, 1.807) is 16.8 Å². The van der Waals surface area contributed by atoms with Crippen LogP contribution in [0.5, 0.6) is 5.75 Å². The van der Waals surface area contributed by atoms with Crippen LogP contribution >= 0.6 is 0 Å². The first kappa shape index (κ1) is 18.0. The summed E-state index contributed by atoms with van der Waals surface area (Å²) < 4.78 is 7.09. The molecule has 1 aliphatic carbocycles. The third-order valence-electron chi connectivity index (χ3n) is 5.23. The van der Waals surface area contributed by atoms with E-state index in [1.165, 1.54) is 7.11 Å². The molecule has 28 heavy (non-hydrogen) atoms. The Hall–Kier alpha value is -3.40. The van der Waals surface area contributed by atoms with Crippen LogP contribution in [0.15, 0.2) is 30.6 Å². The van der Waals surface area contributed by atoms with E-state index >= 15 is 0 Å². The van der Waals surface area contributed by atoms with Crippen LogP contribution in [0, 0.1) is 24.2 Å². The van der Waals surface area contributed by atoms with Gasteiger partial charge < -0.3 is 10.1 Å². The van der Waals surface area contributed by atoms with Crippen molar-refractivity contribution in [1.82, 2.24) is 19.7 Å². The van der Waals surface area contributed by atoms with Gasteiger partial charge in [0, 0.05) is 17.3 Å². The number of hydrogen-bond acceptors (Lipinski definition) is 5. The Morgan fingerprint density at radius 3 is 2.89 bits per heavy atom. The number of aromatic nitrogens is 3. The minimum atomic E-state index is -0.225. The Morgan fingerprint density at radius 1 is 1.43 bits per heavy atom. The van der Waals surface area contributed by atoms with Crippen molar-refractivity contribution >= 4 is 11.6 Å². The topological polar surface area (TPSA) is 92.3 Å². The molecule has 1 fully saturated rings. The molecular weight excluding hydrogens is 354 g/mol. The molecule has 3 aromatic rings. The Balaban J connectivity index is 1.80. The quantitative estimate of drug-likeness (QED) is 0.740. The van der Waals surface area contributed by atoms with Crippen LogP contribution in [0.25, 0.3) is 16.9 Å². The summed E-state index contributed by atoms with van der Waals surface area (Å²) in [5.41, 5.74) is 3.31. The minimum Gasteiger partial charge on any atom is -0.495 e. The maximum absolute atomic E-state index is 12.7. The highest BCUT2D eigenvalue weighted by Crippen LogP contribution is 2.33. The number of nitrogens with one attached hydrogen (secondary N) is 1. The zero-order valence-electron chi connectivity index (χ0n) is 16.1. The van der Waals surface area contributed by atoms with E-state index in [9.17, 15) is 10.1 Å². The predicted molar refractivity (Wildman–Crippen MR) is 104 cm³/mol. The van der Waals surface area contributed by atoms with Crippen LogP contribution in [0.1, 0.15) is 41.5 Å². The Kier molecular flexibility index (Phi) is 4.47. The zero-order valence-corrected chi connectivity index (χ0v) is 16.1. The molecule has 7 heteroatoms. The van der Waals surface area contributed by atoms with Gasteiger partial charge in [-0.2, -0.15) is 5.26 Å². The van der Waals surface area contributed by atoms with E-state index < -0.39 is 0 Å². The van der Waals surface area contributed by atoms with E-state index in [1.807, 2.05) is 32.0 Å². The van der Waals surface area contributed by atoms with Gasteiger partial charge in [0.2, 0.25) is 0 Å². The molecule has 2 aromatic heterocycles. The van der Waals surface area contributed by atoms with E-state index in [-0.39, 0.29) is 11.9 Å². The molecule has 4 rings (SSSR count). The van der Waals surface area contributed by atoms with Crippen molar-refractivity contribution in [2.24, 2.45) is 5.92 Å². The second-order valence-electron chi connectivity index (χ2n) is 7.16. The normalized spacial score (nSPS) is 14.5. The molecule has 0 radical (unpaired) electrons. The lowest BCUT2D eigenvalue weighted by Gasteiger charge is -2.12. The van der Waals surface area contributed by atoms with Gasteiger partial charge in [-0.3, -0.25) is 9.20 Å². The van der Waals surface area contributed by atoms with Gasteiger partial charge in [-0.1, -0.05) is 12.1 Å². The number of rotatable bonds is 5. The lowest BCUT2D eigenvalue weighted by molar-refractivity contribution is 0.0933. The first-order chi connectivity index (χ1) is 13.5. The molecular formula is C21H21N5O2. The van der Waals surface area contributed by atoms with Crippen LogP contribution in [0.2, 0.25) is 0 Å². The second kappa shape index (κ2) is 6.97. The van der Waals surface area contributed by atoms with Gasteiger partial charge in [-0.05, 0) is 44.7 Å². The van der Waals surface area contributed by atoms with Gasteiger partial charge in [0.15, 0.2) is 11.3 Å². The van der Waals surface area contributed by atoms with Gasteiger partial charge in [0.1, 0.15) is 23.7 Å². The number of imidazole rings is 1. The minimum absolute atomic E-state index is 0.122. The number of amides is 1. The Labute approximate surface area is 163 Å². The average Bonchev–Trinajstić information content (AvgIpc) is 3.46. The standard InChI is InChI=1S/C21H21N5O2/c1-12-9-17(15-5-4-6-18(28-3)16(15)10-22)25-20-19(23-11-26(12)20)21(27)24-13(2)14-7-8-14/h4-6,9,11,13-14H,7-8H2,1-3H3,(H,24,27)/t13-/m0/s1. The number of nitrogens with zero attached hydrogens (tertiary/aromatic N) is 4. The summed E-state index contributed by atoms with van der Waals surface area (Å²) in [4.78, 5) is 21.7. The fourth-order valence-electron chi connectivity index (χ4n) is 3.44. The molecule has 7 nitrogen and oxygen atoms in total. The molecule has 1 saturated carbocycles. The first-order valence-corrected chi connectivity index (χ1v) is 9.26. The van der Waals surface area contributed by atoms with Crippen LogP contribution < -0.4 is 10.1 Å². The number of nitriles is 1. The summed E-state index contributed by atoms with van der Waals surface area (Å²) in [6.07, 6.45) is 3.91. The molecule has 1 aliphatic rings. The third-order valence-corrected chi connectivity index (χ3v) is 5.23. The SMILES string of the molecule is COc1cccc(-c2cc(C)n3cnc(C(=O)N[C@@H](C)C4CC4)c3n2)c1C#N. The number of fused-ring (bicyclic) bond motifs is 1. The largest absolute Gasteiger partial charge is 0.495 e. The van der Waals surface area contributed by atoms with Gasteiger partial charge in [-0.25, -0.2) is 9.97 Å². The molecule has 2 heterocycles. The number of hydrogen-bond donors (Lipinski definition) is 1. The average molecular weight is 375 g/mol. The Bertz CT molecular complexity index is 1110. The molecule has 0 bridgehead atoms. The molecule has 1 aromatic carbocycles. The summed E-state index contributed by atoms with van der Waals surface area (Å²) >= 11 is 0. The van der Waals surface area contributed by atoms with Crippen LogP contribution in [0.4, 0.5) is 0 Å². The van der Waals surface area contributed by atoms with Crippen molar-refractivity contribution in [3.8, 4) is 23.1 Å². The fraction of sp³-hybridized carbons (Fsp3) is 0.333. The molecule has 1 amide bonds. The fourth-order valence-corrected chi connectivity index (χ4v) is 3.44. The number of aryl methyl sites for hydroxylation is 1. The van der Waals surface area contributed by atoms with Crippen molar-refractivity contribution in [1.29, 1.82) is 5.26 Å². The van der Waals surface area contributed by atoms with Gasteiger partial charge in [0.05, 0.1) is 12.8 Å². The predicted octanol–water partition coefficient (Wildman–Crippen LogP) is 3.11. The lowest BCUT2D eigenvalue weighted by Crippen LogP contribution is -2.34. The molecule has 0 spiro atoms. The first-order valence-electron chi connectivity index (χ1n) is 9.26. The monoisotopic (exact) mass is 375 g/mol. The maximum Gasteiger partial charge on any atom is 0.274 e. The summed E-state index contributed by atoms with van der Waals surface area (Å²) in [6.45, 7) is 3.94. The number of carbonyl (C=O) groups excluding carboxylic acids is 1. The molecule has 1 N–H and O–H groups in total. The molecule has 0 unspecified atom stereocenters. The van der Waals surface area contributed by atoms with Crippen molar-refractivity contribution in [2.75, 3.05) is 7.11 Å².